The van der Waals surface area contributed by atoms with E-state index in [1.54, 1.807) is 12.3 Å². The molecule has 6 heteroatoms. The summed E-state index contributed by atoms with van der Waals surface area (Å²) in [6.45, 7) is 0. The number of hydrogen-bond acceptors (Lipinski definition) is 2. The summed E-state index contributed by atoms with van der Waals surface area (Å²) < 4.78 is 13.2. The van der Waals surface area contributed by atoms with E-state index >= 15 is 0 Å². The molecule has 0 aliphatic carbocycles. The molecule has 2 aromatic heterocycles. The lowest BCUT2D eigenvalue weighted by Crippen LogP contribution is -2.12. The zero-order valence-electron chi connectivity index (χ0n) is 12.3. The predicted octanol–water partition coefficient (Wildman–Crippen LogP) is 4.76. The van der Waals surface area contributed by atoms with Crippen LogP contribution < -0.4 is 5.32 Å². The number of amides is 1. The molecule has 0 fully saturated rings. The Labute approximate surface area is 141 Å². The number of aromatic amines is 1. The second-order valence-electron chi connectivity index (χ2n) is 5.37. The molecule has 0 saturated carbocycles. The highest BCUT2D eigenvalue weighted by atomic mass is 35.5. The highest BCUT2D eigenvalue weighted by Gasteiger charge is 2.12. The van der Waals surface area contributed by atoms with Crippen LogP contribution in [0.15, 0.2) is 54.7 Å². The minimum atomic E-state index is -0.530. The second kappa shape index (κ2) is 5.62. The average Bonchev–Trinajstić information content (AvgIpc) is 3.03. The van der Waals surface area contributed by atoms with Gasteiger partial charge in [-0.15, -0.1) is 0 Å². The first-order valence-electron chi connectivity index (χ1n) is 7.25. The number of hydrogen-bond donors (Lipinski definition) is 2. The molecular formula is C18H11ClFN3O. The van der Waals surface area contributed by atoms with E-state index in [0.29, 0.717) is 11.4 Å². The van der Waals surface area contributed by atoms with E-state index in [2.05, 4.69) is 15.3 Å². The van der Waals surface area contributed by atoms with E-state index in [1.807, 2.05) is 24.3 Å². The predicted molar refractivity (Wildman–Crippen MR) is 93.0 cm³/mol. The van der Waals surface area contributed by atoms with E-state index in [1.165, 1.54) is 18.2 Å². The van der Waals surface area contributed by atoms with Crippen molar-refractivity contribution in [2.75, 3.05) is 5.32 Å². The minimum absolute atomic E-state index is 0.0420. The van der Waals surface area contributed by atoms with Crippen molar-refractivity contribution in [3.05, 3.63) is 71.3 Å². The number of fused-ring (bicyclic) bond motifs is 3. The van der Waals surface area contributed by atoms with Crippen LogP contribution in [0.25, 0.3) is 21.8 Å². The smallest absolute Gasteiger partial charge is 0.272 e. The molecule has 4 rings (SSSR count). The summed E-state index contributed by atoms with van der Waals surface area (Å²) in [5.74, 6) is -0.865. The maximum atomic E-state index is 13.2. The van der Waals surface area contributed by atoms with E-state index in [4.69, 9.17) is 11.6 Å². The molecule has 1 amide bonds. The number of aromatic nitrogens is 2. The Kier molecular flexibility index (Phi) is 3.43. The van der Waals surface area contributed by atoms with Gasteiger partial charge in [-0.2, -0.15) is 0 Å². The first-order chi connectivity index (χ1) is 11.6. The lowest BCUT2D eigenvalue weighted by atomic mass is 10.1. The first-order valence-corrected chi connectivity index (χ1v) is 7.62. The van der Waals surface area contributed by atoms with Gasteiger partial charge >= 0.3 is 0 Å². The van der Waals surface area contributed by atoms with Gasteiger partial charge in [-0.25, -0.2) is 4.39 Å². The fourth-order valence-electron chi connectivity index (χ4n) is 2.63. The zero-order valence-corrected chi connectivity index (χ0v) is 13.1. The van der Waals surface area contributed by atoms with Crippen molar-refractivity contribution in [2.45, 2.75) is 0 Å². The van der Waals surface area contributed by atoms with E-state index in [0.717, 1.165) is 21.8 Å². The highest BCUT2D eigenvalue weighted by Crippen LogP contribution is 2.25. The number of carbonyl (C=O) groups is 1. The van der Waals surface area contributed by atoms with Crippen LogP contribution in [0.1, 0.15) is 10.5 Å². The molecule has 0 spiro atoms. The standard InChI is InChI=1S/C18H11ClFN3O/c19-13-9-12(5-6-14(13)20)22-18(24)15-8-11-4-3-10-2-1-7-21-16(10)17(11)23-15/h1-9,23H,(H,22,24). The Morgan fingerprint density at radius 1 is 1.12 bits per heavy atom. The maximum Gasteiger partial charge on any atom is 0.272 e. The van der Waals surface area contributed by atoms with Crippen LogP contribution in [-0.4, -0.2) is 15.9 Å². The van der Waals surface area contributed by atoms with Gasteiger partial charge in [-0.1, -0.05) is 29.8 Å². The third-order valence-electron chi connectivity index (χ3n) is 3.79. The van der Waals surface area contributed by atoms with Crippen LogP contribution in [0.5, 0.6) is 0 Å². The van der Waals surface area contributed by atoms with Crippen molar-refractivity contribution in [2.24, 2.45) is 0 Å². The van der Waals surface area contributed by atoms with Gasteiger partial charge in [0.2, 0.25) is 0 Å². The van der Waals surface area contributed by atoms with Crippen LogP contribution >= 0.6 is 11.6 Å². The average molecular weight is 340 g/mol. The van der Waals surface area contributed by atoms with Crippen LogP contribution in [0.2, 0.25) is 5.02 Å². The van der Waals surface area contributed by atoms with E-state index in [-0.39, 0.29) is 10.9 Å². The monoisotopic (exact) mass is 339 g/mol. The molecule has 0 saturated heterocycles. The quantitative estimate of drug-likeness (QED) is 0.553. The summed E-state index contributed by atoms with van der Waals surface area (Å²) in [6, 6.07) is 13.5. The van der Waals surface area contributed by atoms with Crippen LogP contribution in [0, 0.1) is 5.82 Å². The largest absolute Gasteiger partial charge is 0.349 e. The third-order valence-corrected chi connectivity index (χ3v) is 4.08. The first kappa shape index (κ1) is 14.7. The van der Waals surface area contributed by atoms with Crippen LogP contribution in [-0.2, 0) is 0 Å². The molecule has 0 aliphatic rings. The van der Waals surface area contributed by atoms with E-state index < -0.39 is 5.82 Å². The molecule has 24 heavy (non-hydrogen) atoms. The minimum Gasteiger partial charge on any atom is -0.349 e. The van der Waals surface area contributed by atoms with Crippen LogP contribution in [0.4, 0.5) is 10.1 Å². The number of halogens is 2. The fraction of sp³-hybridized carbons (Fsp3) is 0. The molecule has 4 nitrogen and oxygen atoms in total. The summed E-state index contributed by atoms with van der Waals surface area (Å²) in [4.78, 5) is 19.9. The topological polar surface area (TPSA) is 57.8 Å². The normalized spacial score (nSPS) is 11.1. The second-order valence-corrected chi connectivity index (χ2v) is 5.78. The van der Waals surface area contributed by atoms with Gasteiger partial charge in [-0.05, 0) is 30.3 Å². The molecule has 118 valence electrons. The van der Waals surface area contributed by atoms with Crippen molar-refractivity contribution in [3.63, 3.8) is 0 Å². The molecule has 0 unspecified atom stereocenters. The number of nitrogens with zero attached hydrogens (tertiary/aromatic N) is 1. The Balaban J connectivity index is 1.71. The number of anilines is 1. The zero-order chi connectivity index (χ0) is 16.7. The summed E-state index contributed by atoms with van der Waals surface area (Å²) in [7, 11) is 0. The van der Waals surface area contributed by atoms with Gasteiger partial charge in [0.15, 0.2) is 0 Å². The third kappa shape index (κ3) is 2.49. The lowest BCUT2D eigenvalue weighted by molar-refractivity contribution is 0.102. The van der Waals surface area contributed by atoms with Gasteiger partial charge < -0.3 is 10.3 Å². The molecule has 0 bridgehead atoms. The SMILES string of the molecule is O=C(Nc1ccc(F)c(Cl)c1)c1cc2ccc3cccnc3c2[nH]1. The lowest BCUT2D eigenvalue weighted by Gasteiger charge is -2.04. The van der Waals surface area contributed by atoms with Crippen molar-refractivity contribution in [1.82, 2.24) is 9.97 Å². The Hall–Kier alpha value is -2.92. The molecule has 2 N–H and O–H groups in total. The van der Waals surface area contributed by atoms with Gasteiger partial charge in [0.05, 0.1) is 16.1 Å². The number of rotatable bonds is 2. The maximum absolute atomic E-state index is 13.2. The fourth-order valence-corrected chi connectivity index (χ4v) is 2.81. The van der Waals surface area contributed by atoms with Crippen LogP contribution in [0.3, 0.4) is 0 Å². The van der Waals surface area contributed by atoms with E-state index in [9.17, 15) is 9.18 Å². The number of carbonyl (C=O) groups excluding carboxylic acids is 1. The molecule has 0 aliphatic heterocycles. The summed E-state index contributed by atoms with van der Waals surface area (Å²) in [6.07, 6.45) is 1.71. The Morgan fingerprint density at radius 2 is 1.96 bits per heavy atom. The van der Waals surface area contributed by atoms with Gasteiger partial charge in [0.1, 0.15) is 11.5 Å². The molecule has 2 heterocycles. The van der Waals surface area contributed by atoms with Crippen molar-refractivity contribution >= 4 is 45.0 Å². The highest BCUT2D eigenvalue weighted by molar-refractivity contribution is 6.31. The van der Waals surface area contributed by atoms with Crippen molar-refractivity contribution in [3.8, 4) is 0 Å². The van der Waals surface area contributed by atoms with Gasteiger partial charge in [-0.3, -0.25) is 9.78 Å². The molecule has 0 radical (unpaired) electrons. The summed E-state index contributed by atoms with van der Waals surface area (Å²) in [5, 5.41) is 4.53. The van der Waals surface area contributed by atoms with Gasteiger partial charge in [0, 0.05) is 22.7 Å². The number of pyridine rings is 1. The number of H-pyrrole nitrogens is 1. The Bertz CT molecular complexity index is 1090. The van der Waals surface area contributed by atoms with Crippen molar-refractivity contribution in [1.29, 1.82) is 0 Å². The Morgan fingerprint density at radius 3 is 2.79 bits per heavy atom. The molecule has 2 aromatic carbocycles. The molecular weight excluding hydrogens is 329 g/mol. The van der Waals surface area contributed by atoms with Crippen molar-refractivity contribution < 1.29 is 9.18 Å². The summed E-state index contributed by atoms with van der Waals surface area (Å²) in [5.41, 5.74) is 2.42. The number of nitrogens with one attached hydrogen (secondary N) is 2. The molecule has 0 atom stereocenters. The summed E-state index contributed by atoms with van der Waals surface area (Å²) >= 11 is 5.73. The molecule has 4 aromatic rings. The van der Waals surface area contributed by atoms with Gasteiger partial charge in [0.25, 0.3) is 5.91 Å². The number of benzene rings is 2.